The lowest BCUT2D eigenvalue weighted by atomic mass is 10.1. The van der Waals surface area contributed by atoms with Crippen molar-refractivity contribution in [3.8, 4) is 17.2 Å². The summed E-state index contributed by atoms with van der Waals surface area (Å²) in [5.74, 6) is 2.91. The van der Waals surface area contributed by atoms with E-state index in [-0.39, 0.29) is 0 Å². The largest absolute Gasteiger partial charge is 0.497 e. The molecular formula is C20H27N3O3. The summed E-state index contributed by atoms with van der Waals surface area (Å²) in [4.78, 5) is 4.27. The van der Waals surface area contributed by atoms with Crippen LogP contribution in [0.3, 0.4) is 0 Å². The van der Waals surface area contributed by atoms with E-state index in [1.54, 1.807) is 21.3 Å². The summed E-state index contributed by atoms with van der Waals surface area (Å²) >= 11 is 0. The van der Waals surface area contributed by atoms with Gasteiger partial charge in [0, 0.05) is 25.3 Å². The first-order valence-corrected chi connectivity index (χ1v) is 8.52. The van der Waals surface area contributed by atoms with Crippen molar-refractivity contribution in [2.75, 3.05) is 33.2 Å². The van der Waals surface area contributed by atoms with Crippen molar-refractivity contribution < 1.29 is 14.2 Å². The van der Waals surface area contributed by atoms with Gasteiger partial charge in [0.2, 0.25) is 0 Å². The molecule has 0 radical (unpaired) electrons. The Labute approximate surface area is 155 Å². The number of guanidine groups is 1. The van der Waals surface area contributed by atoms with Crippen molar-refractivity contribution in [2.24, 2.45) is 4.99 Å². The summed E-state index contributed by atoms with van der Waals surface area (Å²) in [6.45, 7) is 5.19. The predicted molar refractivity (Wildman–Crippen MR) is 106 cm³/mol. The Hall–Kier alpha value is -2.89. The molecule has 2 N–H and O–H groups in total. The molecule has 140 valence electrons. The normalized spacial score (nSPS) is 11.0. The van der Waals surface area contributed by atoms with Gasteiger partial charge < -0.3 is 24.8 Å². The molecule has 0 amide bonds. The third kappa shape index (κ3) is 5.31. The molecule has 0 saturated heterocycles. The van der Waals surface area contributed by atoms with Crippen molar-refractivity contribution in [3.63, 3.8) is 0 Å². The molecule has 0 unspecified atom stereocenters. The number of aryl methyl sites for hydroxylation is 1. The Bertz CT molecular complexity index is 760. The van der Waals surface area contributed by atoms with E-state index in [0.29, 0.717) is 30.6 Å². The number of hydrogen-bond donors (Lipinski definition) is 2. The van der Waals surface area contributed by atoms with Crippen LogP contribution in [0.4, 0.5) is 5.69 Å². The van der Waals surface area contributed by atoms with Crippen molar-refractivity contribution in [3.05, 3.63) is 47.5 Å². The summed E-state index contributed by atoms with van der Waals surface area (Å²) in [6.07, 6.45) is 0. The number of anilines is 1. The Morgan fingerprint density at radius 2 is 1.85 bits per heavy atom. The Morgan fingerprint density at radius 3 is 2.50 bits per heavy atom. The smallest absolute Gasteiger partial charge is 0.195 e. The van der Waals surface area contributed by atoms with Gasteiger partial charge in [-0.2, -0.15) is 0 Å². The minimum Gasteiger partial charge on any atom is -0.497 e. The first kappa shape index (κ1) is 19.4. The van der Waals surface area contributed by atoms with Gasteiger partial charge in [0.25, 0.3) is 0 Å². The molecule has 0 atom stereocenters. The Kier molecular flexibility index (Phi) is 7.14. The maximum atomic E-state index is 5.61. The van der Waals surface area contributed by atoms with E-state index in [4.69, 9.17) is 14.2 Å². The standard InChI is InChI=1S/C20H27N3O3/c1-6-26-19-12-16(7-8-18(19)25-5)23-20(21-3)22-13-15-9-14(2)10-17(11-15)24-4/h7-12H,6,13H2,1-5H3,(H2,21,22,23). The van der Waals surface area contributed by atoms with E-state index in [9.17, 15) is 0 Å². The highest BCUT2D eigenvalue weighted by Gasteiger charge is 2.07. The first-order valence-electron chi connectivity index (χ1n) is 8.52. The van der Waals surface area contributed by atoms with Gasteiger partial charge in [-0.1, -0.05) is 6.07 Å². The molecule has 2 aromatic rings. The first-order chi connectivity index (χ1) is 12.6. The number of nitrogens with one attached hydrogen (secondary N) is 2. The van der Waals surface area contributed by atoms with Crippen LogP contribution < -0.4 is 24.8 Å². The molecular weight excluding hydrogens is 330 g/mol. The number of benzene rings is 2. The van der Waals surface area contributed by atoms with E-state index in [0.717, 1.165) is 22.6 Å². The van der Waals surface area contributed by atoms with E-state index >= 15 is 0 Å². The average molecular weight is 357 g/mol. The zero-order valence-corrected chi connectivity index (χ0v) is 16.1. The van der Waals surface area contributed by atoms with Crippen LogP contribution >= 0.6 is 0 Å². The van der Waals surface area contributed by atoms with E-state index in [2.05, 4.69) is 21.7 Å². The number of aliphatic imine (C=N–C) groups is 1. The molecule has 2 rings (SSSR count). The summed E-state index contributed by atoms with van der Waals surface area (Å²) < 4.78 is 16.2. The highest BCUT2D eigenvalue weighted by Crippen LogP contribution is 2.30. The van der Waals surface area contributed by atoms with Gasteiger partial charge in [-0.05, 0) is 49.2 Å². The minimum atomic E-state index is 0.571. The van der Waals surface area contributed by atoms with Crippen LogP contribution in [0.2, 0.25) is 0 Å². The van der Waals surface area contributed by atoms with E-state index in [1.165, 1.54) is 0 Å². The van der Waals surface area contributed by atoms with Gasteiger partial charge in [0.05, 0.1) is 20.8 Å². The highest BCUT2D eigenvalue weighted by atomic mass is 16.5. The molecule has 0 bridgehead atoms. The van der Waals surface area contributed by atoms with Gasteiger partial charge >= 0.3 is 0 Å². The lowest BCUT2D eigenvalue weighted by Crippen LogP contribution is -2.30. The number of hydrogen-bond acceptors (Lipinski definition) is 4. The second-order valence-corrected chi connectivity index (χ2v) is 5.71. The molecule has 0 saturated carbocycles. The van der Waals surface area contributed by atoms with Gasteiger partial charge in [0.1, 0.15) is 5.75 Å². The molecule has 0 aliphatic carbocycles. The van der Waals surface area contributed by atoms with Gasteiger partial charge in [-0.3, -0.25) is 4.99 Å². The minimum absolute atomic E-state index is 0.571. The third-order valence-corrected chi connectivity index (χ3v) is 3.76. The zero-order valence-electron chi connectivity index (χ0n) is 16.1. The fourth-order valence-electron chi connectivity index (χ4n) is 2.57. The summed E-state index contributed by atoms with van der Waals surface area (Å²) in [5.41, 5.74) is 3.14. The Balaban J connectivity index is 2.06. The molecule has 0 fully saturated rings. The zero-order chi connectivity index (χ0) is 18.9. The van der Waals surface area contributed by atoms with Crippen molar-refractivity contribution in [1.29, 1.82) is 0 Å². The van der Waals surface area contributed by atoms with Crippen molar-refractivity contribution in [1.82, 2.24) is 5.32 Å². The third-order valence-electron chi connectivity index (χ3n) is 3.76. The van der Waals surface area contributed by atoms with E-state index < -0.39 is 0 Å². The summed E-state index contributed by atoms with van der Waals surface area (Å²) in [7, 11) is 5.03. The number of ether oxygens (including phenoxy) is 3. The topological polar surface area (TPSA) is 64.1 Å². The van der Waals surface area contributed by atoms with Crippen LogP contribution in [0.15, 0.2) is 41.4 Å². The highest BCUT2D eigenvalue weighted by molar-refractivity contribution is 5.93. The molecule has 2 aromatic carbocycles. The lowest BCUT2D eigenvalue weighted by molar-refractivity contribution is 0.311. The molecule has 0 heterocycles. The van der Waals surface area contributed by atoms with E-state index in [1.807, 2.05) is 44.2 Å². The van der Waals surface area contributed by atoms with Gasteiger partial charge in [0.15, 0.2) is 17.5 Å². The Morgan fingerprint density at radius 1 is 1.04 bits per heavy atom. The maximum Gasteiger partial charge on any atom is 0.195 e. The second-order valence-electron chi connectivity index (χ2n) is 5.71. The molecule has 0 spiro atoms. The molecule has 0 aromatic heterocycles. The maximum absolute atomic E-state index is 5.61. The average Bonchev–Trinajstić information content (AvgIpc) is 2.65. The fraction of sp³-hybridized carbons (Fsp3) is 0.350. The lowest BCUT2D eigenvalue weighted by Gasteiger charge is -2.15. The molecule has 6 nitrogen and oxygen atoms in total. The van der Waals surface area contributed by atoms with Crippen molar-refractivity contribution in [2.45, 2.75) is 20.4 Å². The van der Waals surface area contributed by atoms with Crippen LogP contribution in [0, 0.1) is 6.92 Å². The SMILES string of the molecule is CCOc1cc(NC(=NC)NCc2cc(C)cc(OC)c2)ccc1OC. The second kappa shape index (κ2) is 9.56. The number of nitrogens with zero attached hydrogens (tertiary/aromatic N) is 1. The predicted octanol–water partition coefficient (Wildman–Crippen LogP) is 3.60. The molecule has 26 heavy (non-hydrogen) atoms. The van der Waals surface area contributed by atoms with Crippen LogP contribution in [-0.4, -0.2) is 33.8 Å². The number of methoxy groups -OCH3 is 2. The summed E-state index contributed by atoms with van der Waals surface area (Å²) in [6, 6.07) is 11.8. The molecule has 0 aliphatic heterocycles. The monoisotopic (exact) mass is 357 g/mol. The molecule has 0 aliphatic rings. The summed E-state index contributed by atoms with van der Waals surface area (Å²) in [5, 5.41) is 6.57. The van der Waals surface area contributed by atoms with Gasteiger partial charge in [-0.25, -0.2) is 0 Å². The van der Waals surface area contributed by atoms with Crippen LogP contribution in [-0.2, 0) is 6.54 Å². The fourth-order valence-corrected chi connectivity index (χ4v) is 2.57. The quantitative estimate of drug-likeness (QED) is 0.586. The van der Waals surface area contributed by atoms with Gasteiger partial charge in [-0.15, -0.1) is 0 Å². The van der Waals surface area contributed by atoms with Crippen molar-refractivity contribution >= 4 is 11.6 Å². The number of rotatable bonds is 7. The van der Waals surface area contributed by atoms with Crippen LogP contribution in [0.5, 0.6) is 17.2 Å². The van der Waals surface area contributed by atoms with Crippen LogP contribution in [0.1, 0.15) is 18.1 Å². The molecule has 6 heteroatoms. The van der Waals surface area contributed by atoms with Crippen LogP contribution in [0.25, 0.3) is 0 Å².